The van der Waals surface area contributed by atoms with Crippen LogP contribution in [0.15, 0.2) is 12.1 Å². The summed E-state index contributed by atoms with van der Waals surface area (Å²) in [5.74, 6) is 0.955. The minimum absolute atomic E-state index is 0.363. The molecule has 1 rings (SSSR count). The van der Waals surface area contributed by atoms with Gasteiger partial charge in [-0.2, -0.15) is 0 Å². The number of aryl methyl sites for hydroxylation is 2. The highest BCUT2D eigenvalue weighted by Gasteiger charge is 2.06. The molecular formula is C14H23NO2. The molecule has 1 aromatic carbocycles. The first-order valence-corrected chi connectivity index (χ1v) is 5.95. The van der Waals surface area contributed by atoms with E-state index in [0.717, 1.165) is 18.9 Å². The van der Waals surface area contributed by atoms with Crippen molar-refractivity contribution >= 4 is 0 Å². The summed E-state index contributed by atoms with van der Waals surface area (Å²) in [5.41, 5.74) is 3.74. The van der Waals surface area contributed by atoms with Crippen molar-refractivity contribution in [3.8, 4) is 5.75 Å². The van der Waals surface area contributed by atoms with Crippen LogP contribution in [0.25, 0.3) is 0 Å². The molecule has 0 aliphatic heterocycles. The number of rotatable bonds is 6. The van der Waals surface area contributed by atoms with Gasteiger partial charge >= 0.3 is 0 Å². The van der Waals surface area contributed by atoms with Crippen LogP contribution in [0, 0.1) is 13.8 Å². The Morgan fingerprint density at radius 2 is 1.88 bits per heavy atom. The van der Waals surface area contributed by atoms with Gasteiger partial charge in [0.05, 0.1) is 13.7 Å². The van der Waals surface area contributed by atoms with Crippen molar-refractivity contribution in [2.24, 2.45) is 0 Å². The third-order valence-electron chi connectivity index (χ3n) is 2.91. The lowest BCUT2D eigenvalue weighted by Gasteiger charge is -2.15. The molecule has 0 aliphatic rings. The van der Waals surface area contributed by atoms with Crippen molar-refractivity contribution in [1.29, 1.82) is 0 Å². The van der Waals surface area contributed by atoms with E-state index in [1.54, 1.807) is 14.2 Å². The second kappa shape index (κ2) is 6.62. The Labute approximate surface area is 104 Å². The van der Waals surface area contributed by atoms with Crippen LogP contribution in [0.2, 0.25) is 0 Å². The van der Waals surface area contributed by atoms with Crippen LogP contribution in [0.1, 0.15) is 23.6 Å². The first kappa shape index (κ1) is 14.0. The number of nitrogens with one attached hydrogen (secondary N) is 1. The summed E-state index contributed by atoms with van der Waals surface area (Å²) in [6, 6.07) is 4.63. The minimum Gasteiger partial charge on any atom is -0.496 e. The summed E-state index contributed by atoms with van der Waals surface area (Å²) in [7, 11) is 3.43. The van der Waals surface area contributed by atoms with Gasteiger partial charge in [0.15, 0.2) is 0 Å². The monoisotopic (exact) mass is 237 g/mol. The fraction of sp³-hybridized carbons (Fsp3) is 0.571. The Bertz CT molecular complexity index is 363. The number of hydrogen-bond donors (Lipinski definition) is 1. The standard InChI is InChI=1S/C14H23NO2/c1-10-7-14(17-5)11(2)6-13(10)8-15-12(3)9-16-4/h6-7,12,15H,8-9H2,1-5H3/t12-/m0/s1. The van der Waals surface area contributed by atoms with Gasteiger partial charge in [0.25, 0.3) is 0 Å². The van der Waals surface area contributed by atoms with Gasteiger partial charge in [-0.3, -0.25) is 0 Å². The number of ether oxygens (including phenoxy) is 2. The highest BCUT2D eigenvalue weighted by Crippen LogP contribution is 2.22. The predicted octanol–water partition coefficient (Wildman–Crippen LogP) is 2.44. The van der Waals surface area contributed by atoms with E-state index in [1.165, 1.54) is 16.7 Å². The zero-order valence-corrected chi connectivity index (χ0v) is 11.5. The van der Waals surface area contributed by atoms with E-state index in [2.05, 4.69) is 38.2 Å². The average Bonchev–Trinajstić information content (AvgIpc) is 2.30. The van der Waals surface area contributed by atoms with Gasteiger partial charge in [-0.15, -0.1) is 0 Å². The van der Waals surface area contributed by atoms with Gasteiger partial charge in [0.1, 0.15) is 5.75 Å². The molecule has 0 heterocycles. The fourth-order valence-corrected chi connectivity index (χ4v) is 1.85. The second-order valence-electron chi connectivity index (χ2n) is 4.49. The molecule has 0 fully saturated rings. The van der Waals surface area contributed by atoms with Gasteiger partial charge in [0.2, 0.25) is 0 Å². The maximum absolute atomic E-state index is 5.30. The van der Waals surface area contributed by atoms with E-state index in [9.17, 15) is 0 Å². The van der Waals surface area contributed by atoms with Crippen LogP contribution in [0.5, 0.6) is 5.75 Å². The summed E-state index contributed by atoms with van der Waals surface area (Å²) in [6.07, 6.45) is 0. The molecule has 96 valence electrons. The third kappa shape index (κ3) is 4.02. The first-order valence-electron chi connectivity index (χ1n) is 5.95. The summed E-state index contributed by atoms with van der Waals surface area (Å²) in [4.78, 5) is 0. The lowest BCUT2D eigenvalue weighted by Crippen LogP contribution is -2.29. The van der Waals surface area contributed by atoms with E-state index < -0.39 is 0 Å². The van der Waals surface area contributed by atoms with Gasteiger partial charge in [-0.05, 0) is 43.5 Å². The SMILES string of the molecule is COC[C@H](C)NCc1cc(C)c(OC)cc1C. The maximum Gasteiger partial charge on any atom is 0.122 e. The van der Waals surface area contributed by atoms with Crippen molar-refractivity contribution in [3.63, 3.8) is 0 Å². The molecule has 0 spiro atoms. The minimum atomic E-state index is 0.363. The second-order valence-corrected chi connectivity index (χ2v) is 4.49. The summed E-state index contributed by atoms with van der Waals surface area (Å²) in [5, 5.41) is 3.44. The van der Waals surface area contributed by atoms with E-state index >= 15 is 0 Å². The highest BCUT2D eigenvalue weighted by atomic mass is 16.5. The molecule has 3 heteroatoms. The number of methoxy groups -OCH3 is 2. The predicted molar refractivity (Wildman–Crippen MR) is 70.6 cm³/mol. The molecule has 1 atom stereocenters. The van der Waals surface area contributed by atoms with Crippen molar-refractivity contribution in [1.82, 2.24) is 5.32 Å². The van der Waals surface area contributed by atoms with Crippen molar-refractivity contribution < 1.29 is 9.47 Å². The normalized spacial score (nSPS) is 12.5. The Morgan fingerprint density at radius 3 is 2.47 bits per heavy atom. The van der Waals surface area contributed by atoms with Crippen LogP contribution in [-0.2, 0) is 11.3 Å². The zero-order chi connectivity index (χ0) is 12.8. The Kier molecular flexibility index (Phi) is 5.45. The van der Waals surface area contributed by atoms with E-state index in [0.29, 0.717) is 6.04 Å². The van der Waals surface area contributed by atoms with Gasteiger partial charge in [-0.1, -0.05) is 6.07 Å². The van der Waals surface area contributed by atoms with Crippen LogP contribution >= 0.6 is 0 Å². The smallest absolute Gasteiger partial charge is 0.122 e. The van der Waals surface area contributed by atoms with Crippen LogP contribution < -0.4 is 10.1 Å². The van der Waals surface area contributed by atoms with Crippen molar-refractivity contribution in [2.75, 3.05) is 20.8 Å². The molecule has 0 saturated carbocycles. The Morgan fingerprint density at radius 1 is 1.18 bits per heavy atom. The van der Waals surface area contributed by atoms with Crippen LogP contribution in [0.4, 0.5) is 0 Å². The topological polar surface area (TPSA) is 30.5 Å². The molecule has 3 nitrogen and oxygen atoms in total. The van der Waals surface area contributed by atoms with Crippen LogP contribution in [0.3, 0.4) is 0 Å². The zero-order valence-electron chi connectivity index (χ0n) is 11.5. The average molecular weight is 237 g/mol. The molecule has 1 N–H and O–H groups in total. The van der Waals surface area contributed by atoms with Crippen LogP contribution in [-0.4, -0.2) is 26.9 Å². The Hall–Kier alpha value is -1.06. The fourth-order valence-electron chi connectivity index (χ4n) is 1.85. The number of hydrogen-bond acceptors (Lipinski definition) is 3. The van der Waals surface area contributed by atoms with Gasteiger partial charge in [-0.25, -0.2) is 0 Å². The molecule has 1 aromatic rings. The van der Waals surface area contributed by atoms with E-state index in [-0.39, 0.29) is 0 Å². The largest absolute Gasteiger partial charge is 0.496 e. The van der Waals surface area contributed by atoms with Gasteiger partial charge < -0.3 is 14.8 Å². The molecule has 0 saturated heterocycles. The van der Waals surface area contributed by atoms with E-state index in [4.69, 9.17) is 9.47 Å². The summed E-state index contributed by atoms with van der Waals surface area (Å²) in [6.45, 7) is 7.89. The lowest BCUT2D eigenvalue weighted by atomic mass is 10.0. The molecule has 0 aliphatic carbocycles. The molecule has 17 heavy (non-hydrogen) atoms. The molecule has 0 radical (unpaired) electrons. The summed E-state index contributed by atoms with van der Waals surface area (Å²) < 4.78 is 10.4. The van der Waals surface area contributed by atoms with Crippen molar-refractivity contribution in [3.05, 3.63) is 28.8 Å². The summed E-state index contributed by atoms with van der Waals surface area (Å²) >= 11 is 0. The Balaban J connectivity index is 2.68. The number of benzene rings is 1. The lowest BCUT2D eigenvalue weighted by molar-refractivity contribution is 0.171. The molecular weight excluding hydrogens is 214 g/mol. The third-order valence-corrected chi connectivity index (χ3v) is 2.91. The van der Waals surface area contributed by atoms with E-state index in [1.807, 2.05) is 0 Å². The highest BCUT2D eigenvalue weighted by molar-refractivity contribution is 5.41. The first-order chi connectivity index (χ1) is 8.08. The molecule has 0 aromatic heterocycles. The molecule has 0 bridgehead atoms. The molecule has 0 amide bonds. The van der Waals surface area contributed by atoms with Gasteiger partial charge in [0, 0.05) is 19.7 Å². The quantitative estimate of drug-likeness (QED) is 0.824. The maximum atomic E-state index is 5.30. The molecule has 0 unspecified atom stereocenters. The van der Waals surface area contributed by atoms with Crippen molar-refractivity contribution in [2.45, 2.75) is 33.4 Å².